The van der Waals surface area contributed by atoms with Gasteiger partial charge in [-0.05, 0) is 29.2 Å². The van der Waals surface area contributed by atoms with E-state index < -0.39 is 30.4 Å². The first-order valence-corrected chi connectivity index (χ1v) is 11.0. The summed E-state index contributed by atoms with van der Waals surface area (Å²) < 4.78 is 7.24. The monoisotopic (exact) mass is 462 g/mol. The van der Waals surface area contributed by atoms with Crippen LogP contribution in [0.1, 0.15) is 30.4 Å². The van der Waals surface area contributed by atoms with Gasteiger partial charge in [0.1, 0.15) is 12.6 Å². The van der Waals surface area contributed by atoms with Crippen molar-refractivity contribution < 1.29 is 24.2 Å². The third kappa shape index (κ3) is 5.25. The number of alkyl carbamates (subject to hydrolysis) is 1. The van der Waals surface area contributed by atoms with Crippen LogP contribution >= 0.6 is 0 Å². The Hall–Kier alpha value is -4.14. The van der Waals surface area contributed by atoms with Crippen molar-refractivity contribution in [2.24, 2.45) is 0 Å². The van der Waals surface area contributed by atoms with Crippen molar-refractivity contribution >= 4 is 18.0 Å². The molecule has 3 aromatic rings. The fourth-order valence-electron chi connectivity index (χ4n) is 4.27. The summed E-state index contributed by atoms with van der Waals surface area (Å²) >= 11 is 0. The number of imidazole rings is 1. The summed E-state index contributed by atoms with van der Waals surface area (Å²) in [7, 11) is 0. The van der Waals surface area contributed by atoms with Crippen LogP contribution in [0.4, 0.5) is 4.79 Å². The molecule has 1 aromatic heterocycles. The lowest BCUT2D eigenvalue weighted by atomic mass is 9.98. The summed E-state index contributed by atoms with van der Waals surface area (Å²) in [4.78, 5) is 40.5. The molecule has 2 aromatic carbocycles. The molecular weight excluding hydrogens is 436 g/mol. The Bertz CT molecular complexity index is 1130. The number of benzene rings is 2. The standard InChI is InChI=1S/C25H26N4O5/c1-16(13-29-11-10-26-15-29)27-24(32)22(12-23(30)31)28-25(33)34-14-21-19-8-4-2-6-17(19)18-7-3-5-9-20(18)21/h2-11,15-16,21-22H,12-14H2,1H3,(H,27,32)(H,28,33)(H,30,31). The van der Waals surface area contributed by atoms with E-state index in [-0.39, 0.29) is 18.6 Å². The van der Waals surface area contributed by atoms with Gasteiger partial charge >= 0.3 is 12.1 Å². The number of nitrogens with zero attached hydrogens (tertiary/aromatic N) is 2. The van der Waals surface area contributed by atoms with E-state index >= 15 is 0 Å². The van der Waals surface area contributed by atoms with Gasteiger partial charge in [-0.1, -0.05) is 48.5 Å². The molecule has 1 aliphatic rings. The van der Waals surface area contributed by atoms with Crippen molar-refractivity contribution in [1.29, 1.82) is 0 Å². The molecule has 0 radical (unpaired) electrons. The Morgan fingerprint density at radius 3 is 2.29 bits per heavy atom. The van der Waals surface area contributed by atoms with Crippen LogP contribution in [0.25, 0.3) is 11.1 Å². The molecule has 1 heterocycles. The highest BCUT2D eigenvalue weighted by atomic mass is 16.5. The van der Waals surface area contributed by atoms with Gasteiger partial charge in [-0.15, -0.1) is 0 Å². The Morgan fingerprint density at radius 1 is 1.06 bits per heavy atom. The van der Waals surface area contributed by atoms with Gasteiger partial charge in [-0.25, -0.2) is 9.78 Å². The molecule has 2 unspecified atom stereocenters. The second kappa shape index (κ2) is 10.2. The van der Waals surface area contributed by atoms with Crippen LogP contribution in [0.15, 0.2) is 67.3 Å². The number of carbonyl (C=O) groups excluding carboxylic acids is 2. The summed E-state index contributed by atoms with van der Waals surface area (Å²) in [5.74, 6) is -1.94. The van der Waals surface area contributed by atoms with Crippen molar-refractivity contribution in [3.8, 4) is 11.1 Å². The van der Waals surface area contributed by atoms with Crippen LogP contribution in [-0.2, 0) is 20.9 Å². The van der Waals surface area contributed by atoms with Gasteiger partial charge in [0.25, 0.3) is 0 Å². The first kappa shape index (κ1) is 23.0. The van der Waals surface area contributed by atoms with Gasteiger partial charge in [0.2, 0.25) is 5.91 Å². The van der Waals surface area contributed by atoms with Crippen LogP contribution in [-0.4, -0.2) is 51.3 Å². The molecule has 0 spiro atoms. The van der Waals surface area contributed by atoms with Crippen molar-refractivity contribution in [2.45, 2.75) is 37.9 Å². The maximum atomic E-state index is 12.7. The molecule has 4 rings (SSSR count). The van der Waals surface area contributed by atoms with Crippen molar-refractivity contribution in [1.82, 2.24) is 20.2 Å². The SMILES string of the molecule is CC(Cn1ccnc1)NC(=O)C(CC(=O)O)NC(=O)OCC1c2ccccc2-c2ccccc21. The molecule has 2 amide bonds. The van der Waals surface area contributed by atoms with Crippen LogP contribution in [0, 0.1) is 0 Å². The van der Waals surface area contributed by atoms with E-state index in [0.29, 0.717) is 6.54 Å². The number of hydrogen-bond acceptors (Lipinski definition) is 5. The molecule has 0 bridgehead atoms. The van der Waals surface area contributed by atoms with Gasteiger partial charge < -0.3 is 25.0 Å². The van der Waals surface area contributed by atoms with E-state index in [1.807, 2.05) is 48.5 Å². The maximum absolute atomic E-state index is 12.7. The molecular formula is C25H26N4O5. The predicted molar refractivity (Wildman–Crippen MR) is 124 cm³/mol. The average molecular weight is 463 g/mol. The minimum atomic E-state index is -1.27. The van der Waals surface area contributed by atoms with Crippen molar-refractivity contribution in [3.05, 3.63) is 78.4 Å². The number of fused-ring (bicyclic) bond motifs is 3. The van der Waals surface area contributed by atoms with E-state index in [9.17, 15) is 19.5 Å². The number of ether oxygens (including phenoxy) is 1. The second-order valence-electron chi connectivity index (χ2n) is 8.29. The van der Waals surface area contributed by atoms with E-state index in [1.165, 1.54) is 0 Å². The van der Waals surface area contributed by atoms with E-state index in [2.05, 4.69) is 15.6 Å². The number of carboxylic acid groups (broad SMARTS) is 1. The number of rotatable bonds is 9. The highest BCUT2D eigenvalue weighted by Gasteiger charge is 2.30. The van der Waals surface area contributed by atoms with Crippen LogP contribution in [0.2, 0.25) is 0 Å². The summed E-state index contributed by atoms with van der Waals surface area (Å²) in [6.45, 7) is 2.30. The zero-order valence-corrected chi connectivity index (χ0v) is 18.7. The molecule has 0 saturated heterocycles. The second-order valence-corrected chi connectivity index (χ2v) is 8.29. The zero-order chi connectivity index (χ0) is 24.1. The third-order valence-corrected chi connectivity index (χ3v) is 5.76. The lowest BCUT2D eigenvalue weighted by Crippen LogP contribution is -2.50. The molecule has 9 nitrogen and oxygen atoms in total. The van der Waals surface area contributed by atoms with Crippen LogP contribution in [0.3, 0.4) is 0 Å². The quantitative estimate of drug-likeness (QED) is 0.449. The molecule has 3 N–H and O–H groups in total. The molecule has 0 fully saturated rings. The molecule has 176 valence electrons. The highest BCUT2D eigenvalue weighted by molar-refractivity contribution is 5.89. The first-order chi connectivity index (χ1) is 16.4. The van der Waals surface area contributed by atoms with E-state index in [1.54, 1.807) is 30.2 Å². The summed E-state index contributed by atoms with van der Waals surface area (Å²) in [5.41, 5.74) is 4.32. The topological polar surface area (TPSA) is 123 Å². The molecule has 34 heavy (non-hydrogen) atoms. The summed E-state index contributed by atoms with van der Waals surface area (Å²) in [5, 5.41) is 14.4. The highest BCUT2D eigenvalue weighted by Crippen LogP contribution is 2.44. The first-order valence-electron chi connectivity index (χ1n) is 11.0. The summed E-state index contributed by atoms with van der Waals surface area (Å²) in [6, 6.07) is 14.3. The van der Waals surface area contributed by atoms with Crippen molar-refractivity contribution in [3.63, 3.8) is 0 Å². The number of aromatic nitrogens is 2. The molecule has 1 aliphatic carbocycles. The molecule has 9 heteroatoms. The number of nitrogens with one attached hydrogen (secondary N) is 2. The van der Waals surface area contributed by atoms with Gasteiger partial charge in [-0.3, -0.25) is 9.59 Å². The minimum absolute atomic E-state index is 0.0678. The normalized spacial score (nSPS) is 13.9. The summed E-state index contributed by atoms with van der Waals surface area (Å²) in [6.07, 6.45) is 3.60. The molecule has 2 atom stereocenters. The number of aliphatic carboxylic acids is 1. The predicted octanol–water partition coefficient (Wildman–Crippen LogP) is 2.77. The minimum Gasteiger partial charge on any atom is -0.481 e. The van der Waals surface area contributed by atoms with Crippen LogP contribution < -0.4 is 10.6 Å². The van der Waals surface area contributed by atoms with Gasteiger partial charge in [0, 0.05) is 30.9 Å². The Balaban J connectivity index is 1.38. The lowest BCUT2D eigenvalue weighted by molar-refractivity contribution is -0.140. The van der Waals surface area contributed by atoms with Crippen LogP contribution in [0.5, 0.6) is 0 Å². The Morgan fingerprint density at radius 2 is 1.71 bits per heavy atom. The lowest BCUT2D eigenvalue weighted by Gasteiger charge is -2.21. The number of amides is 2. The fourth-order valence-corrected chi connectivity index (χ4v) is 4.27. The smallest absolute Gasteiger partial charge is 0.407 e. The van der Waals surface area contributed by atoms with Gasteiger partial charge in [0.05, 0.1) is 12.7 Å². The number of carboxylic acids is 1. The zero-order valence-electron chi connectivity index (χ0n) is 18.7. The average Bonchev–Trinajstić information content (AvgIpc) is 3.43. The van der Waals surface area contributed by atoms with Gasteiger partial charge in [-0.2, -0.15) is 0 Å². The van der Waals surface area contributed by atoms with E-state index in [0.717, 1.165) is 22.3 Å². The molecule has 0 saturated carbocycles. The number of carbonyl (C=O) groups is 3. The van der Waals surface area contributed by atoms with Crippen molar-refractivity contribution in [2.75, 3.05) is 6.61 Å². The maximum Gasteiger partial charge on any atom is 0.407 e. The fraction of sp³-hybridized carbons (Fsp3) is 0.280. The van der Waals surface area contributed by atoms with Gasteiger partial charge in [0.15, 0.2) is 0 Å². The van der Waals surface area contributed by atoms with E-state index in [4.69, 9.17) is 4.74 Å². The molecule has 0 aliphatic heterocycles. The largest absolute Gasteiger partial charge is 0.481 e. The Labute approximate surface area is 196 Å². The Kier molecular flexibility index (Phi) is 6.91. The number of hydrogen-bond donors (Lipinski definition) is 3. The third-order valence-electron chi connectivity index (χ3n) is 5.76.